The monoisotopic (exact) mass is 291 g/mol. The minimum atomic E-state index is -0.302. The van der Waals surface area contributed by atoms with Crippen LogP contribution in [0.25, 0.3) is 0 Å². The van der Waals surface area contributed by atoms with Gasteiger partial charge in [-0.05, 0) is 50.8 Å². The minimum absolute atomic E-state index is 0.173. The number of benzene rings is 1. The fourth-order valence-corrected chi connectivity index (χ4v) is 3.05. The molecule has 0 bridgehead atoms. The molecule has 1 aromatic rings. The molecule has 0 spiro atoms. The summed E-state index contributed by atoms with van der Waals surface area (Å²) in [6.07, 6.45) is 2.49. The zero-order valence-corrected chi connectivity index (χ0v) is 13.1. The Morgan fingerprint density at radius 2 is 2.19 bits per heavy atom. The largest absolute Gasteiger partial charge is 0.380 e. The Morgan fingerprint density at radius 3 is 2.86 bits per heavy atom. The van der Waals surface area contributed by atoms with Crippen LogP contribution in [-0.4, -0.2) is 29.0 Å². The second-order valence-corrected chi connectivity index (χ2v) is 5.97. The summed E-state index contributed by atoms with van der Waals surface area (Å²) < 4.78 is 0. The molecule has 1 fully saturated rings. The Balaban J connectivity index is 2.16. The van der Waals surface area contributed by atoms with Crippen LogP contribution in [0.2, 0.25) is 0 Å². The highest BCUT2D eigenvalue weighted by molar-refractivity contribution is 5.62. The van der Waals surface area contributed by atoms with Gasteiger partial charge >= 0.3 is 0 Å². The molecule has 5 nitrogen and oxygen atoms in total. The first-order valence-electron chi connectivity index (χ1n) is 7.78. The van der Waals surface area contributed by atoms with Gasteiger partial charge in [-0.1, -0.05) is 13.0 Å². The molecule has 0 aromatic heterocycles. The maximum atomic E-state index is 11.2. The number of likely N-dealkylation sites (tertiary alicyclic amines) is 1. The van der Waals surface area contributed by atoms with Crippen molar-refractivity contribution in [1.82, 2.24) is 4.90 Å². The number of nitrogens with zero attached hydrogens (tertiary/aromatic N) is 2. The van der Waals surface area contributed by atoms with E-state index in [0.29, 0.717) is 24.2 Å². The van der Waals surface area contributed by atoms with Gasteiger partial charge in [0.2, 0.25) is 0 Å². The minimum Gasteiger partial charge on any atom is -0.380 e. The molecular weight excluding hydrogens is 266 g/mol. The van der Waals surface area contributed by atoms with Crippen LogP contribution in [-0.2, 0) is 6.54 Å². The summed E-state index contributed by atoms with van der Waals surface area (Å²) in [5, 5.41) is 14.3. The van der Waals surface area contributed by atoms with E-state index >= 15 is 0 Å². The lowest BCUT2D eigenvalue weighted by Crippen LogP contribution is -2.41. The lowest BCUT2D eigenvalue weighted by atomic mass is 9.91. The third kappa shape index (κ3) is 3.73. The quantitative estimate of drug-likeness (QED) is 0.664. The van der Waals surface area contributed by atoms with Crippen LogP contribution in [0.1, 0.15) is 39.2 Å². The molecule has 0 aliphatic carbocycles. The van der Waals surface area contributed by atoms with Crippen molar-refractivity contribution in [1.29, 1.82) is 0 Å². The first kappa shape index (κ1) is 15.8. The molecular formula is C16H25N3O2. The summed E-state index contributed by atoms with van der Waals surface area (Å²) in [5.74, 6) is 0.690. The molecule has 5 heteroatoms. The van der Waals surface area contributed by atoms with E-state index in [-0.39, 0.29) is 10.6 Å². The SMILES string of the molecule is CCNc1ccc(CN2CCCC(C)C2C)cc1[N+](=O)[O-]. The van der Waals surface area contributed by atoms with Crippen molar-refractivity contribution < 1.29 is 4.92 Å². The summed E-state index contributed by atoms with van der Waals surface area (Å²) in [6, 6.07) is 6.07. The number of hydrogen-bond acceptors (Lipinski definition) is 4. The number of anilines is 1. The Labute approximate surface area is 126 Å². The molecule has 1 aliphatic heterocycles. The van der Waals surface area contributed by atoms with Crippen LogP contribution in [0.15, 0.2) is 18.2 Å². The van der Waals surface area contributed by atoms with Gasteiger partial charge in [0.25, 0.3) is 5.69 Å². The number of nitro groups is 1. The second kappa shape index (κ2) is 6.89. The fourth-order valence-electron chi connectivity index (χ4n) is 3.05. The first-order chi connectivity index (χ1) is 10.0. The average Bonchev–Trinajstić information content (AvgIpc) is 2.45. The molecule has 0 radical (unpaired) electrons. The number of hydrogen-bond donors (Lipinski definition) is 1. The molecule has 116 valence electrons. The van der Waals surface area contributed by atoms with E-state index < -0.39 is 0 Å². The van der Waals surface area contributed by atoms with Gasteiger partial charge in [0.05, 0.1) is 4.92 Å². The molecule has 2 rings (SSSR count). The van der Waals surface area contributed by atoms with Crippen LogP contribution in [0.4, 0.5) is 11.4 Å². The summed E-state index contributed by atoms with van der Waals surface area (Å²) >= 11 is 0. The summed E-state index contributed by atoms with van der Waals surface area (Å²) in [4.78, 5) is 13.3. The number of nitro benzene ring substituents is 1. The van der Waals surface area contributed by atoms with E-state index in [9.17, 15) is 10.1 Å². The van der Waals surface area contributed by atoms with Crippen molar-refractivity contribution in [2.75, 3.05) is 18.4 Å². The Morgan fingerprint density at radius 1 is 1.43 bits per heavy atom. The smallest absolute Gasteiger partial charge is 0.292 e. The van der Waals surface area contributed by atoms with E-state index in [2.05, 4.69) is 24.1 Å². The molecule has 1 N–H and O–H groups in total. The lowest BCUT2D eigenvalue weighted by molar-refractivity contribution is -0.384. The number of nitrogens with one attached hydrogen (secondary N) is 1. The van der Waals surface area contributed by atoms with Gasteiger partial charge in [0.15, 0.2) is 0 Å². The predicted octanol–water partition coefficient (Wildman–Crippen LogP) is 3.65. The normalized spacial score (nSPS) is 23.0. The highest BCUT2D eigenvalue weighted by Gasteiger charge is 2.25. The van der Waals surface area contributed by atoms with Gasteiger partial charge in [-0.25, -0.2) is 0 Å². The Hall–Kier alpha value is -1.62. The van der Waals surface area contributed by atoms with Gasteiger partial charge in [-0.15, -0.1) is 0 Å². The van der Waals surface area contributed by atoms with E-state index in [1.807, 2.05) is 19.1 Å². The molecule has 1 heterocycles. The highest BCUT2D eigenvalue weighted by atomic mass is 16.6. The first-order valence-corrected chi connectivity index (χ1v) is 7.78. The zero-order chi connectivity index (χ0) is 15.4. The van der Waals surface area contributed by atoms with E-state index in [4.69, 9.17) is 0 Å². The van der Waals surface area contributed by atoms with Crippen molar-refractivity contribution >= 4 is 11.4 Å². The van der Waals surface area contributed by atoms with E-state index in [0.717, 1.165) is 18.7 Å². The van der Waals surface area contributed by atoms with Crippen LogP contribution in [0.5, 0.6) is 0 Å². The predicted molar refractivity (Wildman–Crippen MR) is 85.5 cm³/mol. The topological polar surface area (TPSA) is 58.4 Å². The molecule has 1 aliphatic rings. The second-order valence-electron chi connectivity index (χ2n) is 5.97. The molecule has 1 aromatic carbocycles. The third-order valence-corrected chi connectivity index (χ3v) is 4.52. The molecule has 1 saturated heterocycles. The van der Waals surface area contributed by atoms with Gasteiger partial charge in [-0.2, -0.15) is 0 Å². The number of piperidine rings is 1. The van der Waals surface area contributed by atoms with Gasteiger partial charge < -0.3 is 5.32 Å². The maximum Gasteiger partial charge on any atom is 0.292 e. The average molecular weight is 291 g/mol. The van der Waals surface area contributed by atoms with Crippen molar-refractivity contribution in [3.63, 3.8) is 0 Å². The van der Waals surface area contributed by atoms with Gasteiger partial charge in [0.1, 0.15) is 5.69 Å². The number of rotatable bonds is 5. The van der Waals surface area contributed by atoms with E-state index in [1.165, 1.54) is 12.8 Å². The molecule has 2 atom stereocenters. The van der Waals surface area contributed by atoms with Crippen molar-refractivity contribution in [3.8, 4) is 0 Å². The lowest BCUT2D eigenvalue weighted by Gasteiger charge is -2.37. The molecule has 2 unspecified atom stereocenters. The third-order valence-electron chi connectivity index (χ3n) is 4.52. The molecule has 0 amide bonds. The van der Waals surface area contributed by atoms with Crippen LogP contribution in [0.3, 0.4) is 0 Å². The zero-order valence-electron chi connectivity index (χ0n) is 13.1. The van der Waals surface area contributed by atoms with Crippen molar-refractivity contribution in [3.05, 3.63) is 33.9 Å². The van der Waals surface area contributed by atoms with Crippen molar-refractivity contribution in [2.24, 2.45) is 5.92 Å². The van der Waals surface area contributed by atoms with Crippen LogP contribution >= 0.6 is 0 Å². The van der Waals surface area contributed by atoms with Crippen molar-refractivity contribution in [2.45, 2.75) is 46.2 Å². The van der Waals surface area contributed by atoms with E-state index in [1.54, 1.807) is 6.07 Å². The van der Waals surface area contributed by atoms with Crippen LogP contribution in [0, 0.1) is 16.0 Å². The molecule has 21 heavy (non-hydrogen) atoms. The highest BCUT2D eigenvalue weighted by Crippen LogP contribution is 2.28. The summed E-state index contributed by atoms with van der Waals surface area (Å²) in [7, 11) is 0. The summed E-state index contributed by atoms with van der Waals surface area (Å²) in [5.41, 5.74) is 1.79. The maximum absolute atomic E-state index is 11.2. The Bertz CT molecular complexity index is 504. The standard InChI is InChI=1S/C16H25N3O2/c1-4-17-15-8-7-14(10-16(15)19(20)21)11-18-9-5-6-12(2)13(18)3/h7-8,10,12-13,17H,4-6,9,11H2,1-3H3. The van der Waals surface area contributed by atoms with Gasteiger partial charge in [0, 0.05) is 25.2 Å². The summed E-state index contributed by atoms with van der Waals surface area (Å²) in [6.45, 7) is 9.03. The van der Waals surface area contributed by atoms with Gasteiger partial charge in [-0.3, -0.25) is 15.0 Å². The Kier molecular flexibility index (Phi) is 5.17. The fraction of sp³-hybridized carbons (Fsp3) is 0.625. The molecule has 0 saturated carbocycles. The van der Waals surface area contributed by atoms with Crippen LogP contribution < -0.4 is 5.32 Å².